The number of rotatable bonds is 0. The fraction of sp³-hybridized carbons (Fsp3) is 0.429. The lowest BCUT2D eigenvalue weighted by atomic mass is 10.2. The van der Waals surface area contributed by atoms with Crippen molar-refractivity contribution in [2.45, 2.75) is 6.92 Å². The smallest absolute Gasteiger partial charge is 0.216 e. The molecule has 2 aliphatic heterocycles. The lowest BCUT2D eigenvalue weighted by Crippen LogP contribution is -2.40. The Kier molecular flexibility index (Phi) is 1.21. The van der Waals surface area contributed by atoms with Gasteiger partial charge in [-0.25, -0.2) is 5.43 Å². The molecule has 0 spiro atoms. The predicted molar refractivity (Wildman–Crippen MR) is 43.3 cm³/mol. The van der Waals surface area contributed by atoms with Crippen LogP contribution in [0.3, 0.4) is 0 Å². The Morgan fingerprint density at radius 2 is 2.64 bits per heavy atom. The van der Waals surface area contributed by atoms with Crippen LogP contribution in [0.4, 0.5) is 0 Å². The van der Waals surface area contributed by atoms with E-state index in [9.17, 15) is 0 Å². The van der Waals surface area contributed by atoms with Crippen LogP contribution in [0.5, 0.6) is 0 Å². The van der Waals surface area contributed by atoms with Gasteiger partial charge < -0.3 is 4.90 Å². The molecular weight excluding hydrogens is 140 g/mol. The van der Waals surface area contributed by atoms with Crippen LogP contribution in [-0.4, -0.2) is 23.6 Å². The molecule has 0 fully saturated rings. The molecular formula is C7H10N4. The number of nitrogens with zero attached hydrogens (tertiary/aromatic N) is 2. The molecule has 1 unspecified atom stereocenters. The first-order chi connectivity index (χ1) is 5.27. The molecule has 0 radical (unpaired) electrons. The lowest BCUT2D eigenvalue weighted by molar-refractivity contribution is 0.495. The summed E-state index contributed by atoms with van der Waals surface area (Å²) in [5.74, 6) is 0.903. The van der Waals surface area contributed by atoms with E-state index in [4.69, 9.17) is 5.41 Å². The van der Waals surface area contributed by atoms with Gasteiger partial charge in [-0.05, 0) is 5.92 Å². The highest BCUT2D eigenvalue weighted by Crippen LogP contribution is 2.19. The summed E-state index contributed by atoms with van der Waals surface area (Å²) >= 11 is 0. The Labute approximate surface area is 65.1 Å². The SMILES string of the molecule is CC1C=C2C=NNC(=N)N2C1. The number of hydrogen-bond acceptors (Lipinski definition) is 2. The third-order valence-corrected chi connectivity index (χ3v) is 1.87. The average Bonchev–Trinajstić information content (AvgIpc) is 2.31. The van der Waals surface area contributed by atoms with E-state index in [2.05, 4.69) is 23.5 Å². The fourth-order valence-corrected chi connectivity index (χ4v) is 1.38. The van der Waals surface area contributed by atoms with Crippen molar-refractivity contribution >= 4 is 12.2 Å². The largest absolute Gasteiger partial charge is 0.310 e. The van der Waals surface area contributed by atoms with Crippen molar-refractivity contribution in [3.8, 4) is 0 Å². The van der Waals surface area contributed by atoms with Crippen LogP contribution in [0.25, 0.3) is 0 Å². The van der Waals surface area contributed by atoms with E-state index in [0.717, 1.165) is 12.2 Å². The summed E-state index contributed by atoms with van der Waals surface area (Å²) in [6, 6.07) is 0. The molecule has 0 saturated heterocycles. The van der Waals surface area contributed by atoms with Gasteiger partial charge in [0.2, 0.25) is 5.96 Å². The number of hydrazone groups is 1. The molecule has 0 aromatic heterocycles. The van der Waals surface area contributed by atoms with E-state index < -0.39 is 0 Å². The van der Waals surface area contributed by atoms with Crippen LogP contribution in [0, 0.1) is 11.3 Å². The quantitative estimate of drug-likeness (QED) is 0.523. The predicted octanol–water partition coefficient (Wildman–Crippen LogP) is 0.346. The molecule has 58 valence electrons. The second-order valence-electron chi connectivity index (χ2n) is 2.90. The Hall–Kier alpha value is -1.32. The number of fused-ring (bicyclic) bond motifs is 1. The summed E-state index contributed by atoms with van der Waals surface area (Å²) in [4.78, 5) is 1.91. The molecule has 0 aromatic rings. The van der Waals surface area contributed by atoms with E-state index in [1.165, 1.54) is 0 Å². The van der Waals surface area contributed by atoms with Crippen LogP contribution in [-0.2, 0) is 0 Å². The molecule has 1 atom stereocenters. The normalized spacial score (nSPS) is 28.1. The summed E-state index contributed by atoms with van der Waals surface area (Å²) in [7, 11) is 0. The van der Waals surface area contributed by atoms with Crippen LogP contribution in [0.1, 0.15) is 6.92 Å². The number of guanidine groups is 1. The number of hydrogen-bond donors (Lipinski definition) is 2. The summed E-state index contributed by atoms with van der Waals surface area (Å²) in [6.07, 6.45) is 3.88. The highest BCUT2D eigenvalue weighted by atomic mass is 15.4. The van der Waals surface area contributed by atoms with Gasteiger partial charge in [0.25, 0.3) is 0 Å². The first-order valence-electron chi connectivity index (χ1n) is 3.64. The highest BCUT2D eigenvalue weighted by Gasteiger charge is 2.24. The van der Waals surface area contributed by atoms with Crippen molar-refractivity contribution in [2.24, 2.45) is 11.0 Å². The average molecular weight is 150 g/mol. The van der Waals surface area contributed by atoms with Crippen molar-refractivity contribution in [1.82, 2.24) is 10.3 Å². The second kappa shape index (κ2) is 2.08. The molecule has 11 heavy (non-hydrogen) atoms. The molecule has 0 aromatic carbocycles. The van der Waals surface area contributed by atoms with Gasteiger partial charge in [-0.1, -0.05) is 13.0 Å². The Balaban J connectivity index is 2.31. The van der Waals surface area contributed by atoms with Crippen LogP contribution >= 0.6 is 0 Å². The van der Waals surface area contributed by atoms with Crippen LogP contribution < -0.4 is 5.43 Å². The zero-order valence-electron chi connectivity index (χ0n) is 6.33. The van der Waals surface area contributed by atoms with E-state index >= 15 is 0 Å². The van der Waals surface area contributed by atoms with Crippen molar-refractivity contribution in [3.63, 3.8) is 0 Å². The molecule has 2 heterocycles. The minimum absolute atomic E-state index is 0.378. The minimum Gasteiger partial charge on any atom is -0.310 e. The molecule has 4 nitrogen and oxygen atoms in total. The topological polar surface area (TPSA) is 51.5 Å². The Morgan fingerprint density at radius 3 is 3.36 bits per heavy atom. The third kappa shape index (κ3) is 0.906. The van der Waals surface area contributed by atoms with Gasteiger partial charge in [0.05, 0.1) is 11.9 Å². The maximum atomic E-state index is 7.47. The van der Waals surface area contributed by atoms with Crippen molar-refractivity contribution in [3.05, 3.63) is 11.8 Å². The molecule has 2 rings (SSSR count). The van der Waals surface area contributed by atoms with E-state index in [1.54, 1.807) is 6.21 Å². The maximum absolute atomic E-state index is 7.47. The van der Waals surface area contributed by atoms with Crippen molar-refractivity contribution in [2.75, 3.05) is 6.54 Å². The minimum atomic E-state index is 0.378. The van der Waals surface area contributed by atoms with Crippen LogP contribution in [0.15, 0.2) is 16.9 Å². The second-order valence-corrected chi connectivity index (χ2v) is 2.90. The maximum Gasteiger partial charge on any atom is 0.216 e. The molecule has 2 N–H and O–H groups in total. The molecule has 4 heteroatoms. The highest BCUT2D eigenvalue weighted by molar-refractivity contribution is 5.92. The first-order valence-corrected chi connectivity index (χ1v) is 3.64. The van der Waals surface area contributed by atoms with Gasteiger partial charge in [0.1, 0.15) is 0 Å². The van der Waals surface area contributed by atoms with Crippen LogP contribution in [0.2, 0.25) is 0 Å². The summed E-state index contributed by atoms with van der Waals surface area (Å²) in [6.45, 7) is 3.03. The van der Waals surface area contributed by atoms with E-state index in [0.29, 0.717) is 11.9 Å². The van der Waals surface area contributed by atoms with Gasteiger partial charge in [-0.3, -0.25) is 5.41 Å². The van der Waals surface area contributed by atoms with Gasteiger partial charge in [0.15, 0.2) is 0 Å². The Morgan fingerprint density at radius 1 is 1.82 bits per heavy atom. The Bertz CT molecular complexity index is 253. The monoisotopic (exact) mass is 150 g/mol. The van der Waals surface area contributed by atoms with Crippen molar-refractivity contribution in [1.29, 1.82) is 5.41 Å². The lowest BCUT2D eigenvalue weighted by Gasteiger charge is -2.23. The zero-order chi connectivity index (χ0) is 7.84. The molecule has 0 aliphatic carbocycles. The van der Waals surface area contributed by atoms with Gasteiger partial charge in [-0.2, -0.15) is 5.10 Å². The first kappa shape index (κ1) is 6.39. The molecule has 0 saturated carbocycles. The van der Waals surface area contributed by atoms with E-state index in [-0.39, 0.29) is 0 Å². The van der Waals surface area contributed by atoms with Gasteiger partial charge in [0, 0.05) is 6.54 Å². The zero-order valence-corrected chi connectivity index (χ0v) is 6.33. The van der Waals surface area contributed by atoms with Gasteiger partial charge in [-0.15, -0.1) is 0 Å². The fourth-order valence-electron chi connectivity index (χ4n) is 1.38. The third-order valence-electron chi connectivity index (χ3n) is 1.87. The summed E-state index contributed by atoms with van der Waals surface area (Å²) in [5, 5.41) is 11.3. The molecule has 0 amide bonds. The number of nitrogens with one attached hydrogen (secondary N) is 2. The molecule has 0 bridgehead atoms. The van der Waals surface area contributed by atoms with E-state index in [1.807, 2.05) is 4.90 Å². The standard InChI is InChI=1S/C7H10N4/c1-5-2-6-3-9-10-7(8)11(6)4-5/h2-3,5H,4H2,1H3,(H2,8,10). The summed E-state index contributed by atoms with van der Waals surface area (Å²) < 4.78 is 0. The summed E-state index contributed by atoms with van der Waals surface area (Å²) in [5.41, 5.74) is 3.65. The van der Waals surface area contributed by atoms with Gasteiger partial charge >= 0.3 is 0 Å². The van der Waals surface area contributed by atoms with Crippen molar-refractivity contribution < 1.29 is 0 Å². The molecule has 2 aliphatic rings. The number of allylic oxidation sites excluding steroid dienone is 1.